The van der Waals surface area contributed by atoms with Crippen molar-refractivity contribution < 1.29 is 4.92 Å². The van der Waals surface area contributed by atoms with E-state index in [1.807, 2.05) is 25.1 Å². The fourth-order valence-electron chi connectivity index (χ4n) is 2.22. The molecule has 21 heavy (non-hydrogen) atoms. The van der Waals surface area contributed by atoms with Crippen LogP contribution < -0.4 is 5.32 Å². The van der Waals surface area contributed by atoms with Crippen molar-refractivity contribution in [1.82, 2.24) is 4.98 Å². The lowest BCUT2D eigenvalue weighted by atomic mass is 10.1. The average Bonchev–Trinajstić information content (AvgIpc) is 2.46. The lowest BCUT2D eigenvalue weighted by molar-refractivity contribution is -0.384. The van der Waals surface area contributed by atoms with Crippen molar-refractivity contribution in [3.05, 3.63) is 63.8 Å². The van der Waals surface area contributed by atoms with Crippen LogP contribution in [0.5, 0.6) is 0 Å². The molecule has 0 amide bonds. The second kappa shape index (κ2) is 6.83. The fraction of sp³-hybridized carbons (Fsp3) is 0.312. The molecule has 1 atom stereocenters. The van der Waals surface area contributed by atoms with Crippen molar-refractivity contribution in [2.45, 2.75) is 32.7 Å². The first kappa shape index (κ1) is 15.0. The van der Waals surface area contributed by atoms with Crippen molar-refractivity contribution in [2.24, 2.45) is 0 Å². The molecule has 1 aromatic heterocycles. The van der Waals surface area contributed by atoms with Gasteiger partial charge in [0.2, 0.25) is 5.82 Å². The van der Waals surface area contributed by atoms with Crippen LogP contribution in [0.1, 0.15) is 24.5 Å². The van der Waals surface area contributed by atoms with Gasteiger partial charge < -0.3 is 5.32 Å². The van der Waals surface area contributed by atoms with Gasteiger partial charge in [0, 0.05) is 17.8 Å². The second-order valence-electron chi connectivity index (χ2n) is 5.15. The standard InChI is InChI=1S/C16H19N3O2/c1-12-10-11-17-16(15(12)19(20)21)18-13(2)8-9-14-6-4-3-5-7-14/h3-7,10-11,13H,8-9H2,1-2H3,(H,17,18). The SMILES string of the molecule is Cc1ccnc(NC(C)CCc2ccccc2)c1[N+](=O)[O-]. The molecule has 0 bridgehead atoms. The molecule has 0 spiro atoms. The van der Waals surface area contributed by atoms with E-state index in [4.69, 9.17) is 0 Å². The summed E-state index contributed by atoms with van der Waals surface area (Å²) in [4.78, 5) is 14.9. The number of pyridine rings is 1. The van der Waals surface area contributed by atoms with Gasteiger partial charge in [0.15, 0.2) is 0 Å². The highest BCUT2D eigenvalue weighted by Crippen LogP contribution is 2.26. The minimum atomic E-state index is -0.380. The first-order valence-electron chi connectivity index (χ1n) is 6.98. The summed E-state index contributed by atoms with van der Waals surface area (Å²) in [5, 5.41) is 14.3. The number of benzene rings is 1. The maximum atomic E-state index is 11.1. The Morgan fingerprint density at radius 2 is 2.00 bits per heavy atom. The molecule has 0 radical (unpaired) electrons. The summed E-state index contributed by atoms with van der Waals surface area (Å²) in [6.45, 7) is 3.73. The van der Waals surface area contributed by atoms with Crippen LogP contribution in [0.4, 0.5) is 11.5 Å². The molecule has 1 unspecified atom stereocenters. The van der Waals surface area contributed by atoms with E-state index in [9.17, 15) is 10.1 Å². The van der Waals surface area contributed by atoms with Gasteiger partial charge in [0.1, 0.15) is 0 Å². The molecule has 0 aliphatic carbocycles. The van der Waals surface area contributed by atoms with Crippen molar-refractivity contribution >= 4 is 11.5 Å². The molecular weight excluding hydrogens is 266 g/mol. The van der Waals surface area contributed by atoms with Crippen LogP contribution in [-0.2, 0) is 6.42 Å². The number of nitrogens with one attached hydrogen (secondary N) is 1. The maximum Gasteiger partial charge on any atom is 0.314 e. The number of anilines is 1. The Kier molecular flexibility index (Phi) is 4.87. The smallest absolute Gasteiger partial charge is 0.314 e. The molecule has 1 heterocycles. The Bertz CT molecular complexity index is 614. The molecule has 2 rings (SSSR count). The first-order chi connectivity index (χ1) is 10.1. The number of hydrogen-bond acceptors (Lipinski definition) is 4. The molecule has 2 aromatic rings. The van der Waals surface area contributed by atoms with Gasteiger partial charge in [-0.1, -0.05) is 30.3 Å². The van der Waals surface area contributed by atoms with Gasteiger partial charge in [-0.05, 0) is 38.3 Å². The Morgan fingerprint density at radius 1 is 1.29 bits per heavy atom. The van der Waals surface area contributed by atoms with E-state index in [1.54, 1.807) is 19.2 Å². The third kappa shape index (κ3) is 4.02. The van der Waals surface area contributed by atoms with E-state index in [0.717, 1.165) is 12.8 Å². The molecule has 5 nitrogen and oxygen atoms in total. The van der Waals surface area contributed by atoms with E-state index in [-0.39, 0.29) is 16.7 Å². The van der Waals surface area contributed by atoms with Gasteiger partial charge in [-0.25, -0.2) is 4.98 Å². The molecule has 0 aliphatic rings. The highest BCUT2D eigenvalue weighted by atomic mass is 16.6. The molecule has 1 aromatic carbocycles. The third-order valence-corrected chi connectivity index (χ3v) is 3.40. The van der Waals surface area contributed by atoms with Gasteiger partial charge in [0.25, 0.3) is 0 Å². The normalized spacial score (nSPS) is 11.9. The Labute approximate surface area is 124 Å². The maximum absolute atomic E-state index is 11.1. The zero-order valence-electron chi connectivity index (χ0n) is 12.2. The fourth-order valence-corrected chi connectivity index (χ4v) is 2.22. The minimum absolute atomic E-state index is 0.0593. The Morgan fingerprint density at radius 3 is 2.67 bits per heavy atom. The second-order valence-corrected chi connectivity index (χ2v) is 5.15. The van der Waals surface area contributed by atoms with Crippen molar-refractivity contribution in [2.75, 3.05) is 5.32 Å². The summed E-state index contributed by atoms with van der Waals surface area (Å²) < 4.78 is 0. The summed E-state index contributed by atoms with van der Waals surface area (Å²) in [5.41, 5.74) is 1.94. The predicted molar refractivity (Wildman–Crippen MR) is 83.5 cm³/mol. The molecule has 5 heteroatoms. The third-order valence-electron chi connectivity index (χ3n) is 3.40. The van der Waals surface area contributed by atoms with E-state index < -0.39 is 0 Å². The van der Waals surface area contributed by atoms with Crippen molar-refractivity contribution in [1.29, 1.82) is 0 Å². The summed E-state index contributed by atoms with van der Waals surface area (Å²) in [5.74, 6) is 0.348. The Hall–Kier alpha value is -2.43. The van der Waals surface area contributed by atoms with Gasteiger partial charge in [-0.3, -0.25) is 10.1 Å². The molecule has 0 fully saturated rings. The zero-order valence-corrected chi connectivity index (χ0v) is 12.2. The van der Waals surface area contributed by atoms with Crippen LogP contribution in [0.2, 0.25) is 0 Å². The number of nitrogens with zero attached hydrogens (tertiary/aromatic N) is 2. The van der Waals surface area contributed by atoms with E-state index >= 15 is 0 Å². The van der Waals surface area contributed by atoms with Crippen LogP contribution in [0.3, 0.4) is 0 Å². The highest BCUT2D eigenvalue weighted by molar-refractivity contribution is 5.60. The largest absolute Gasteiger partial charge is 0.362 e. The highest BCUT2D eigenvalue weighted by Gasteiger charge is 2.19. The van der Waals surface area contributed by atoms with Crippen LogP contribution in [-0.4, -0.2) is 15.9 Å². The van der Waals surface area contributed by atoms with Gasteiger partial charge in [0.05, 0.1) is 4.92 Å². The molecule has 0 aliphatic heterocycles. The number of hydrogen-bond donors (Lipinski definition) is 1. The average molecular weight is 285 g/mol. The van der Waals surface area contributed by atoms with Crippen molar-refractivity contribution in [3.8, 4) is 0 Å². The van der Waals surface area contributed by atoms with E-state index in [1.165, 1.54) is 5.56 Å². The monoisotopic (exact) mass is 285 g/mol. The van der Waals surface area contributed by atoms with Crippen LogP contribution in [0.15, 0.2) is 42.6 Å². The summed E-state index contributed by atoms with van der Waals surface area (Å²) in [6.07, 6.45) is 3.40. The molecule has 1 N–H and O–H groups in total. The lowest BCUT2D eigenvalue weighted by Gasteiger charge is -2.15. The van der Waals surface area contributed by atoms with E-state index in [2.05, 4.69) is 22.4 Å². The quantitative estimate of drug-likeness (QED) is 0.648. The number of aromatic nitrogens is 1. The van der Waals surface area contributed by atoms with Crippen LogP contribution in [0.25, 0.3) is 0 Å². The molecular formula is C16H19N3O2. The summed E-state index contributed by atoms with van der Waals surface area (Å²) in [6, 6.07) is 11.9. The summed E-state index contributed by atoms with van der Waals surface area (Å²) >= 11 is 0. The number of nitro groups is 1. The van der Waals surface area contributed by atoms with Gasteiger partial charge in [-0.2, -0.15) is 0 Å². The first-order valence-corrected chi connectivity index (χ1v) is 6.98. The number of aryl methyl sites for hydroxylation is 2. The van der Waals surface area contributed by atoms with E-state index in [0.29, 0.717) is 11.4 Å². The molecule has 0 saturated heterocycles. The molecule has 110 valence electrons. The van der Waals surface area contributed by atoms with Crippen molar-refractivity contribution in [3.63, 3.8) is 0 Å². The Balaban J connectivity index is 2.01. The van der Waals surface area contributed by atoms with Crippen LogP contribution in [0, 0.1) is 17.0 Å². The topological polar surface area (TPSA) is 68.1 Å². The van der Waals surface area contributed by atoms with Gasteiger partial charge >= 0.3 is 5.69 Å². The van der Waals surface area contributed by atoms with Crippen LogP contribution >= 0.6 is 0 Å². The predicted octanol–water partition coefficient (Wildman–Crippen LogP) is 3.73. The minimum Gasteiger partial charge on any atom is -0.362 e. The summed E-state index contributed by atoms with van der Waals surface area (Å²) in [7, 11) is 0. The lowest BCUT2D eigenvalue weighted by Crippen LogP contribution is -2.18. The zero-order chi connectivity index (χ0) is 15.2. The van der Waals surface area contributed by atoms with Gasteiger partial charge in [-0.15, -0.1) is 0 Å². The number of rotatable bonds is 6. The molecule has 0 saturated carbocycles.